The number of hydrogen-bond acceptors (Lipinski definition) is 2. The first-order valence-electron chi connectivity index (χ1n) is 4.51. The summed E-state index contributed by atoms with van der Waals surface area (Å²) >= 11 is 0. The van der Waals surface area contributed by atoms with Crippen LogP contribution in [0.5, 0.6) is 5.75 Å². The molecule has 0 spiro atoms. The SMILES string of the molecule is COc1ccc(C(F)F)cc1/C=C/CN. The van der Waals surface area contributed by atoms with E-state index in [-0.39, 0.29) is 5.56 Å². The van der Waals surface area contributed by atoms with Crippen molar-refractivity contribution in [1.29, 1.82) is 0 Å². The molecule has 2 nitrogen and oxygen atoms in total. The average molecular weight is 213 g/mol. The number of benzene rings is 1. The van der Waals surface area contributed by atoms with Gasteiger partial charge in [0.2, 0.25) is 0 Å². The van der Waals surface area contributed by atoms with Gasteiger partial charge in [-0.25, -0.2) is 8.78 Å². The zero-order valence-electron chi connectivity index (χ0n) is 8.41. The lowest BCUT2D eigenvalue weighted by Gasteiger charge is -2.07. The Morgan fingerprint density at radius 2 is 2.20 bits per heavy atom. The van der Waals surface area contributed by atoms with Crippen LogP contribution in [0.4, 0.5) is 8.78 Å². The smallest absolute Gasteiger partial charge is 0.263 e. The molecule has 0 unspecified atom stereocenters. The van der Waals surface area contributed by atoms with Crippen LogP contribution in [0.25, 0.3) is 6.08 Å². The van der Waals surface area contributed by atoms with Crippen molar-refractivity contribution in [3.8, 4) is 5.75 Å². The van der Waals surface area contributed by atoms with Crippen LogP contribution in [0, 0.1) is 0 Å². The monoisotopic (exact) mass is 213 g/mol. The van der Waals surface area contributed by atoms with Gasteiger partial charge in [0.05, 0.1) is 7.11 Å². The topological polar surface area (TPSA) is 35.2 Å². The lowest BCUT2D eigenvalue weighted by molar-refractivity contribution is 0.151. The number of hydrogen-bond donors (Lipinski definition) is 1. The van der Waals surface area contributed by atoms with Gasteiger partial charge in [0.1, 0.15) is 5.75 Å². The Morgan fingerprint density at radius 3 is 2.73 bits per heavy atom. The number of nitrogens with two attached hydrogens (primary N) is 1. The lowest BCUT2D eigenvalue weighted by atomic mass is 10.1. The Hall–Kier alpha value is -1.42. The van der Waals surface area contributed by atoms with Crippen molar-refractivity contribution < 1.29 is 13.5 Å². The predicted molar refractivity (Wildman–Crippen MR) is 56.0 cm³/mol. The van der Waals surface area contributed by atoms with Gasteiger partial charge >= 0.3 is 0 Å². The molecule has 0 aliphatic heterocycles. The summed E-state index contributed by atoms with van der Waals surface area (Å²) in [6, 6.07) is 4.27. The third-order valence-corrected chi connectivity index (χ3v) is 1.94. The van der Waals surface area contributed by atoms with Crippen LogP contribution >= 0.6 is 0 Å². The molecule has 15 heavy (non-hydrogen) atoms. The second-order valence-corrected chi connectivity index (χ2v) is 2.94. The standard InChI is InChI=1S/C11H13F2NO/c1-15-10-5-4-9(11(12)13)7-8(10)3-2-6-14/h2-5,7,11H,6,14H2,1H3/b3-2+. The summed E-state index contributed by atoms with van der Waals surface area (Å²) in [5.41, 5.74) is 5.88. The molecule has 0 saturated heterocycles. The fourth-order valence-corrected chi connectivity index (χ4v) is 1.21. The maximum Gasteiger partial charge on any atom is 0.263 e. The lowest BCUT2D eigenvalue weighted by Crippen LogP contribution is -1.94. The molecule has 0 amide bonds. The van der Waals surface area contributed by atoms with E-state index in [1.165, 1.54) is 25.3 Å². The van der Waals surface area contributed by atoms with E-state index < -0.39 is 6.43 Å². The van der Waals surface area contributed by atoms with Gasteiger partial charge in [0, 0.05) is 17.7 Å². The zero-order chi connectivity index (χ0) is 11.3. The first-order chi connectivity index (χ1) is 7.19. The van der Waals surface area contributed by atoms with E-state index >= 15 is 0 Å². The molecular weight excluding hydrogens is 200 g/mol. The van der Waals surface area contributed by atoms with Crippen molar-refractivity contribution in [3.63, 3.8) is 0 Å². The molecule has 1 aromatic rings. The molecule has 4 heteroatoms. The molecule has 0 bridgehead atoms. The van der Waals surface area contributed by atoms with E-state index in [1.54, 1.807) is 12.2 Å². The third-order valence-electron chi connectivity index (χ3n) is 1.94. The summed E-state index contributed by atoms with van der Waals surface area (Å²) in [7, 11) is 1.50. The molecule has 82 valence electrons. The van der Waals surface area contributed by atoms with Gasteiger partial charge in [-0.15, -0.1) is 0 Å². The van der Waals surface area contributed by atoms with Gasteiger partial charge in [-0.3, -0.25) is 0 Å². The first kappa shape index (κ1) is 11.7. The predicted octanol–water partition coefficient (Wildman–Crippen LogP) is 2.60. The molecule has 0 saturated carbocycles. The summed E-state index contributed by atoms with van der Waals surface area (Å²) in [6.45, 7) is 0.363. The van der Waals surface area contributed by atoms with Gasteiger partial charge in [-0.2, -0.15) is 0 Å². The highest BCUT2D eigenvalue weighted by Crippen LogP contribution is 2.26. The Bertz CT molecular complexity index is 350. The second kappa shape index (κ2) is 5.46. The fraction of sp³-hybridized carbons (Fsp3) is 0.273. The van der Waals surface area contributed by atoms with E-state index in [0.717, 1.165) is 0 Å². The van der Waals surface area contributed by atoms with E-state index in [2.05, 4.69) is 0 Å². The van der Waals surface area contributed by atoms with Crippen molar-refractivity contribution in [3.05, 3.63) is 35.4 Å². The molecule has 0 aliphatic rings. The Balaban J connectivity index is 3.07. The molecule has 1 rings (SSSR count). The van der Waals surface area contributed by atoms with E-state index in [1.807, 2.05) is 0 Å². The molecule has 2 N–H and O–H groups in total. The van der Waals surface area contributed by atoms with Crippen LogP contribution in [-0.2, 0) is 0 Å². The average Bonchev–Trinajstić information content (AvgIpc) is 2.25. The van der Waals surface area contributed by atoms with Crippen molar-refractivity contribution in [1.82, 2.24) is 0 Å². The molecule has 0 aromatic heterocycles. The number of rotatable bonds is 4. The summed E-state index contributed by atoms with van der Waals surface area (Å²) in [5, 5.41) is 0. The van der Waals surface area contributed by atoms with Gasteiger partial charge in [-0.1, -0.05) is 12.2 Å². The van der Waals surface area contributed by atoms with Crippen molar-refractivity contribution in [2.24, 2.45) is 5.73 Å². The van der Waals surface area contributed by atoms with Crippen LogP contribution in [-0.4, -0.2) is 13.7 Å². The van der Waals surface area contributed by atoms with Gasteiger partial charge < -0.3 is 10.5 Å². The molecule has 0 fully saturated rings. The van der Waals surface area contributed by atoms with Crippen LogP contribution in [0.3, 0.4) is 0 Å². The minimum absolute atomic E-state index is 0.0209. The number of halogens is 2. The molecular formula is C11H13F2NO. The van der Waals surface area contributed by atoms with Crippen LogP contribution in [0.15, 0.2) is 24.3 Å². The van der Waals surface area contributed by atoms with Crippen LogP contribution in [0.1, 0.15) is 17.6 Å². The first-order valence-corrected chi connectivity index (χ1v) is 4.51. The maximum absolute atomic E-state index is 12.4. The highest BCUT2D eigenvalue weighted by Gasteiger charge is 2.09. The highest BCUT2D eigenvalue weighted by atomic mass is 19.3. The number of ether oxygens (including phenoxy) is 1. The Kier molecular flexibility index (Phi) is 4.24. The number of methoxy groups -OCH3 is 1. The van der Waals surface area contributed by atoms with Crippen molar-refractivity contribution in [2.45, 2.75) is 6.43 Å². The molecule has 1 aromatic carbocycles. The van der Waals surface area contributed by atoms with E-state index in [4.69, 9.17) is 10.5 Å². The maximum atomic E-state index is 12.4. The molecule has 0 atom stereocenters. The number of alkyl halides is 2. The summed E-state index contributed by atoms with van der Waals surface area (Å²) < 4.78 is 29.9. The van der Waals surface area contributed by atoms with Crippen molar-refractivity contribution in [2.75, 3.05) is 13.7 Å². The largest absolute Gasteiger partial charge is 0.496 e. The van der Waals surface area contributed by atoms with Gasteiger partial charge in [-0.05, 0) is 18.2 Å². The van der Waals surface area contributed by atoms with Crippen LogP contribution in [0.2, 0.25) is 0 Å². The van der Waals surface area contributed by atoms with E-state index in [9.17, 15) is 8.78 Å². The molecule has 0 radical (unpaired) electrons. The quantitative estimate of drug-likeness (QED) is 0.834. The minimum Gasteiger partial charge on any atom is -0.496 e. The third kappa shape index (κ3) is 3.02. The fourth-order valence-electron chi connectivity index (χ4n) is 1.21. The van der Waals surface area contributed by atoms with Crippen LogP contribution < -0.4 is 10.5 Å². The summed E-state index contributed by atoms with van der Waals surface area (Å²) in [5.74, 6) is 0.559. The summed E-state index contributed by atoms with van der Waals surface area (Å²) in [6.07, 6.45) is 0.888. The second-order valence-electron chi connectivity index (χ2n) is 2.94. The van der Waals surface area contributed by atoms with Crippen molar-refractivity contribution >= 4 is 6.08 Å². The normalized spacial score (nSPS) is 11.3. The molecule has 0 heterocycles. The highest BCUT2D eigenvalue weighted by molar-refractivity contribution is 5.58. The Morgan fingerprint density at radius 1 is 1.47 bits per heavy atom. The Labute approximate surface area is 87.4 Å². The van der Waals surface area contributed by atoms with E-state index in [0.29, 0.717) is 17.9 Å². The van der Waals surface area contributed by atoms with Gasteiger partial charge in [0.15, 0.2) is 0 Å². The molecule has 0 aliphatic carbocycles. The summed E-state index contributed by atoms with van der Waals surface area (Å²) in [4.78, 5) is 0. The minimum atomic E-state index is -2.47. The zero-order valence-corrected chi connectivity index (χ0v) is 8.41. The van der Waals surface area contributed by atoms with Gasteiger partial charge in [0.25, 0.3) is 6.43 Å².